The number of hydrogen-bond donors (Lipinski definition) is 2. The molecule has 1 saturated heterocycles. The van der Waals surface area contributed by atoms with Crippen molar-refractivity contribution in [3.63, 3.8) is 0 Å². The predicted octanol–water partition coefficient (Wildman–Crippen LogP) is 1.98. The number of urea groups is 1. The lowest BCUT2D eigenvalue weighted by Gasteiger charge is -2.23. The molecule has 110 valence electrons. The van der Waals surface area contributed by atoms with Crippen LogP contribution in [-0.4, -0.2) is 29.8 Å². The third-order valence-corrected chi connectivity index (χ3v) is 3.42. The van der Waals surface area contributed by atoms with E-state index in [1.54, 1.807) is 0 Å². The number of nitrogens with zero attached hydrogens (tertiary/aromatic N) is 1. The van der Waals surface area contributed by atoms with Crippen LogP contribution in [0.15, 0.2) is 18.3 Å². The van der Waals surface area contributed by atoms with Crippen molar-refractivity contribution < 1.29 is 13.9 Å². The highest BCUT2D eigenvalue weighted by atomic mass is 19.1. The van der Waals surface area contributed by atoms with Crippen molar-refractivity contribution in [1.29, 1.82) is 0 Å². The number of hydrogen-bond acceptors (Lipinski definition) is 3. The largest absolute Gasteiger partial charge is 0.376 e. The van der Waals surface area contributed by atoms with E-state index < -0.39 is 5.82 Å². The van der Waals surface area contributed by atoms with Crippen LogP contribution in [0.3, 0.4) is 0 Å². The molecule has 0 unspecified atom stereocenters. The highest BCUT2D eigenvalue weighted by Crippen LogP contribution is 2.17. The van der Waals surface area contributed by atoms with E-state index in [9.17, 15) is 9.18 Å². The summed E-state index contributed by atoms with van der Waals surface area (Å²) < 4.78 is 18.9. The van der Waals surface area contributed by atoms with Gasteiger partial charge in [-0.05, 0) is 31.4 Å². The maximum atomic E-state index is 13.4. The summed E-state index contributed by atoms with van der Waals surface area (Å²) in [6, 6.07) is 2.51. The van der Waals surface area contributed by atoms with Crippen molar-refractivity contribution in [1.82, 2.24) is 15.6 Å². The lowest BCUT2D eigenvalue weighted by Crippen LogP contribution is -2.47. The van der Waals surface area contributed by atoms with E-state index in [2.05, 4.69) is 15.6 Å². The minimum atomic E-state index is -0.418. The Morgan fingerprint density at radius 3 is 3.15 bits per heavy atom. The van der Waals surface area contributed by atoms with Gasteiger partial charge in [0.1, 0.15) is 5.82 Å². The maximum Gasteiger partial charge on any atom is 0.315 e. The third-order valence-electron chi connectivity index (χ3n) is 3.42. The number of ether oxygens (including phenoxy) is 1. The molecule has 5 nitrogen and oxygen atoms in total. The fourth-order valence-corrected chi connectivity index (χ4v) is 2.31. The summed E-state index contributed by atoms with van der Waals surface area (Å²) in [5, 5.41) is 5.49. The first-order valence-electron chi connectivity index (χ1n) is 6.96. The van der Waals surface area contributed by atoms with E-state index in [0.717, 1.165) is 25.9 Å². The van der Waals surface area contributed by atoms with E-state index in [0.29, 0.717) is 0 Å². The van der Waals surface area contributed by atoms with Crippen LogP contribution in [0.2, 0.25) is 0 Å². The number of rotatable bonds is 5. The molecule has 0 saturated carbocycles. The van der Waals surface area contributed by atoms with Crippen LogP contribution in [0, 0.1) is 5.82 Å². The van der Waals surface area contributed by atoms with E-state index in [1.807, 2.05) is 6.92 Å². The topological polar surface area (TPSA) is 63.2 Å². The SMILES string of the molecule is CC[C@H](NC(=O)NCc1ncccc1F)[C@@H]1CCCO1. The molecule has 1 aliphatic rings. The van der Waals surface area contributed by atoms with Gasteiger partial charge in [0.25, 0.3) is 0 Å². The van der Waals surface area contributed by atoms with Crippen LogP contribution in [-0.2, 0) is 11.3 Å². The Morgan fingerprint density at radius 1 is 1.65 bits per heavy atom. The molecule has 2 N–H and O–H groups in total. The summed E-state index contributed by atoms with van der Waals surface area (Å²) >= 11 is 0. The second kappa shape index (κ2) is 7.19. The van der Waals surface area contributed by atoms with Crippen LogP contribution in [0.25, 0.3) is 0 Å². The molecule has 2 heterocycles. The lowest BCUT2D eigenvalue weighted by molar-refractivity contribution is 0.0796. The standard InChI is InChI=1S/C14H20FN3O2/c1-2-11(13-6-4-8-20-13)18-14(19)17-9-12-10(15)5-3-7-16-12/h3,5,7,11,13H,2,4,6,8-9H2,1H3,(H2,17,18,19)/t11-,13-/m0/s1. The fourth-order valence-electron chi connectivity index (χ4n) is 2.31. The molecule has 1 fully saturated rings. The molecule has 2 rings (SSSR count). The summed E-state index contributed by atoms with van der Waals surface area (Å²) in [7, 11) is 0. The molecule has 6 heteroatoms. The lowest BCUT2D eigenvalue weighted by atomic mass is 10.1. The average Bonchev–Trinajstić information content (AvgIpc) is 2.98. The van der Waals surface area contributed by atoms with Gasteiger partial charge in [0.15, 0.2) is 0 Å². The zero-order valence-corrected chi connectivity index (χ0v) is 11.6. The number of pyridine rings is 1. The van der Waals surface area contributed by atoms with Gasteiger partial charge in [-0.3, -0.25) is 4.98 Å². The number of carbonyl (C=O) groups is 1. The van der Waals surface area contributed by atoms with Gasteiger partial charge < -0.3 is 15.4 Å². The van der Waals surface area contributed by atoms with Crippen molar-refractivity contribution in [3.05, 3.63) is 29.8 Å². The van der Waals surface area contributed by atoms with E-state index in [1.165, 1.54) is 18.3 Å². The first-order valence-corrected chi connectivity index (χ1v) is 6.96. The van der Waals surface area contributed by atoms with Gasteiger partial charge in [-0.1, -0.05) is 6.92 Å². The number of aromatic nitrogens is 1. The summed E-state index contributed by atoms with van der Waals surface area (Å²) in [4.78, 5) is 15.7. The number of halogens is 1. The zero-order valence-electron chi connectivity index (χ0n) is 11.6. The Hall–Kier alpha value is -1.69. The van der Waals surface area contributed by atoms with Crippen LogP contribution >= 0.6 is 0 Å². The van der Waals surface area contributed by atoms with Gasteiger partial charge in [-0.2, -0.15) is 0 Å². The van der Waals surface area contributed by atoms with Crippen molar-refractivity contribution in [3.8, 4) is 0 Å². The molecule has 1 aliphatic heterocycles. The maximum absolute atomic E-state index is 13.4. The molecular weight excluding hydrogens is 261 g/mol. The van der Waals surface area contributed by atoms with E-state index in [4.69, 9.17) is 4.74 Å². The molecule has 1 aromatic heterocycles. The summed E-state index contributed by atoms with van der Waals surface area (Å²) in [5.41, 5.74) is 0.229. The normalized spacial score (nSPS) is 19.6. The number of amides is 2. The molecule has 0 aromatic carbocycles. The van der Waals surface area contributed by atoms with Gasteiger partial charge in [0.2, 0.25) is 0 Å². The Labute approximate surface area is 117 Å². The molecule has 2 atom stereocenters. The highest BCUT2D eigenvalue weighted by molar-refractivity contribution is 5.74. The monoisotopic (exact) mass is 281 g/mol. The quantitative estimate of drug-likeness (QED) is 0.867. The molecule has 0 radical (unpaired) electrons. The molecule has 2 amide bonds. The number of nitrogens with one attached hydrogen (secondary N) is 2. The van der Waals surface area contributed by atoms with Gasteiger partial charge in [-0.25, -0.2) is 9.18 Å². The predicted molar refractivity (Wildman–Crippen MR) is 72.6 cm³/mol. The Morgan fingerprint density at radius 2 is 2.50 bits per heavy atom. The van der Waals surface area contributed by atoms with Gasteiger partial charge in [0.05, 0.1) is 24.4 Å². The first kappa shape index (κ1) is 14.7. The van der Waals surface area contributed by atoms with Crippen molar-refractivity contribution in [2.45, 2.75) is 44.9 Å². The second-order valence-electron chi connectivity index (χ2n) is 4.83. The third kappa shape index (κ3) is 3.90. The summed E-state index contributed by atoms with van der Waals surface area (Å²) in [5.74, 6) is -0.418. The van der Waals surface area contributed by atoms with Crippen molar-refractivity contribution in [2.24, 2.45) is 0 Å². The minimum Gasteiger partial charge on any atom is -0.376 e. The van der Waals surface area contributed by atoms with Crippen LogP contribution < -0.4 is 10.6 Å². The van der Waals surface area contributed by atoms with Crippen molar-refractivity contribution >= 4 is 6.03 Å². The first-order chi connectivity index (χ1) is 9.70. The molecular formula is C14H20FN3O2. The minimum absolute atomic E-state index is 0.00826. The van der Waals surface area contributed by atoms with Gasteiger partial charge >= 0.3 is 6.03 Å². The van der Waals surface area contributed by atoms with Crippen LogP contribution in [0.5, 0.6) is 0 Å². The molecule has 0 bridgehead atoms. The highest BCUT2D eigenvalue weighted by Gasteiger charge is 2.25. The Kier molecular flexibility index (Phi) is 5.29. The van der Waals surface area contributed by atoms with Gasteiger partial charge in [-0.15, -0.1) is 0 Å². The zero-order chi connectivity index (χ0) is 14.4. The molecule has 0 spiro atoms. The van der Waals surface area contributed by atoms with Crippen molar-refractivity contribution in [2.75, 3.05) is 6.61 Å². The van der Waals surface area contributed by atoms with Gasteiger partial charge in [0, 0.05) is 12.8 Å². The van der Waals surface area contributed by atoms with E-state index in [-0.39, 0.29) is 30.4 Å². The summed E-state index contributed by atoms with van der Waals surface area (Å²) in [6.45, 7) is 2.83. The fraction of sp³-hybridized carbons (Fsp3) is 0.571. The van der Waals surface area contributed by atoms with Crippen LogP contribution in [0.1, 0.15) is 31.9 Å². The second-order valence-corrected chi connectivity index (χ2v) is 4.83. The number of carbonyl (C=O) groups excluding carboxylic acids is 1. The Bertz CT molecular complexity index is 450. The molecule has 0 aliphatic carbocycles. The average molecular weight is 281 g/mol. The molecule has 1 aromatic rings. The van der Waals surface area contributed by atoms with Crippen LogP contribution in [0.4, 0.5) is 9.18 Å². The van der Waals surface area contributed by atoms with E-state index >= 15 is 0 Å². The summed E-state index contributed by atoms with van der Waals surface area (Å²) in [6.07, 6.45) is 4.38. The smallest absolute Gasteiger partial charge is 0.315 e. The Balaban J connectivity index is 1.81. The molecule has 20 heavy (non-hydrogen) atoms.